The second kappa shape index (κ2) is 6.31. The fourth-order valence-corrected chi connectivity index (χ4v) is 3.01. The summed E-state index contributed by atoms with van der Waals surface area (Å²) in [5.41, 5.74) is 3.40. The molecular weight excluding hydrogens is 312 g/mol. The van der Waals surface area contributed by atoms with Gasteiger partial charge in [-0.2, -0.15) is 0 Å². The number of nitrogens with one attached hydrogen (secondary N) is 1. The molecule has 1 aromatic carbocycles. The lowest BCUT2D eigenvalue weighted by Crippen LogP contribution is -2.25. The van der Waals surface area contributed by atoms with Crippen LogP contribution in [0.15, 0.2) is 42.6 Å². The molecule has 1 aliphatic carbocycles. The van der Waals surface area contributed by atoms with Crippen LogP contribution in [0.4, 0.5) is 0 Å². The van der Waals surface area contributed by atoms with Crippen LogP contribution in [0.5, 0.6) is 0 Å². The number of rotatable bonds is 5. The van der Waals surface area contributed by atoms with Crippen molar-refractivity contribution in [3.63, 3.8) is 0 Å². The Balaban J connectivity index is 1.77. The standard InChI is InChI=1S/C20H22N4O/c1-13(2)12-24-18(23-17-7-4-10-21-19(17)24)14-5-3-6-15(11-14)20(25)22-16-8-9-16/h3-7,10-11,13,16H,8-9,12H2,1-2H3,(H,22,25). The van der Waals surface area contributed by atoms with Crippen LogP contribution in [0.2, 0.25) is 0 Å². The molecular formula is C20H22N4O. The molecule has 1 amide bonds. The molecule has 4 rings (SSSR count). The minimum Gasteiger partial charge on any atom is -0.349 e. The van der Waals surface area contributed by atoms with Crippen molar-refractivity contribution < 1.29 is 4.79 Å². The second-order valence-electron chi connectivity index (χ2n) is 7.11. The first-order chi connectivity index (χ1) is 12.1. The molecule has 5 heteroatoms. The van der Waals surface area contributed by atoms with E-state index in [0.717, 1.165) is 41.9 Å². The van der Waals surface area contributed by atoms with Crippen molar-refractivity contribution in [2.75, 3.05) is 0 Å². The van der Waals surface area contributed by atoms with E-state index in [0.29, 0.717) is 17.5 Å². The van der Waals surface area contributed by atoms with Crippen molar-refractivity contribution in [3.8, 4) is 11.4 Å². The second-order valence-corrected chi connectivity index (χ2v) is 7.11. The van der Waals surface area contributed by atoms with Gasteiger partial charge in [0.05, 0.1) is 0 Å². The maximum absolute atomic E-state index is 12.4. The normalized spacial score (nSPS) is 14.2. The van der Waals surface area contributed by atoms with Crippen molar-refractivity contribution in [2.45, 2.75) is 39.3 Å². The van der Waals surface area contributed by atoms with Crippen LogP contribution in [0, 0.1) is 5.92 Å². The molecule has 1 aliphatic rings. The third-order valence-corrected chi connectivity index (χ3v) is 4.35. The van der Waals surface area contributed by atoms with Gasteiger partial charge >= 0.3 is 0 Å². The highest BCUT2D eigenvalue weighted by Gasteiger charge is 2.24. The van der Waals surface area contributed by atoms with Crippen molar-refractivity contribution >= 4 is 17.1 Å². The number of hydrogen-bond acceptors (Lipinski definition) is 3. The summed E-state index contributed by atoms with van der Waals surface area (Å²) in [7, 11) is 0. The first kappa shape index (κ1) is 15.8. The van der Waals surface area contributed by atoms with Gasteiger partial charge in [0.2, 0.25) is 0 Å². The number of amides is 1. The summed E-state index contributed by atoms with van der Waals surface area (Å²) >= 11 is 0. The van der Waals surface area contributed by atoms with Gasteiger partial charge in [0, 0.05) is 29.9 Å². The van der Waals surface area contributed by atoms with Crippen LogP contribution in [0.25, 0.3) is 22.6 Å². The number of aromatic nitrogens is 3. The lowest BCUT2D eigenvalue weighted by Gasteiger charge is -2.12. The van der Waals surface area contributed by atoms with E-state index in [2.05, 4.69) is 28.7 Å². The van der Waals surface area contributed by atoms with Crippen molar-refractivity contribution in [1.82, 2.24) is 19.9 Å². The smallest absolute Gasteiger partial charge is 0.251 e. The summed E-state index contributed by atoms with van der Waals surface area (Å²) in [4.78, 5) is 21.6. The number of pyridine rings is 1. The zero-order chi connectivity index (χ0) is 17.4. The van der Waals surface area contributed by atoms with Crippen LogP contribution < -0.4 is 5.32 Å². The van der Waals surface area contributed by atoms with E-state index < -0.39 is 0 Å². The number of fused-ring (bicyclic) bond motifs is 1. The van der Waals surface area contributed by atoms with Gasteiger partial charge < -0.3 is 9.88 Å². The SMILES string of the molecule is CC(C)Cn1c(-c2cccc(C(=O)NC3CC3)c2)nc2cccnc21. The largest absolute Gasteiger partial charge is 0.349 e. The lowest BCUT2D eigenvalue weighted by atomic mass is 10.1. The zero-order valence-electron chi connectivity index (χ0n) is 14.6. The zero-order valence-corrected chi connectivity index (χ0v) is 14.6. The first-order valence-corrected chi connectivity index (χ1v) is 8.84. The molecule has 128 valence electrons. The number of benzene rings is 1. The summed E-state index contributed by atoms with van der Waals surface area (Å²) in [6.07, 6.45) is 3.96. The Hall–Kier alpha value is -2.69. The van der Waals surface area contributed by atoms with E-state index in [9.17, 15) is 4.79 Å². The number of hydrogen-bond donors (Lipinski definition) is 1. The average molecular weight is 334 g/mol. The molecule has 0 aliphatic heterocycles. The van der Waals surface area contributed by atoms with E-state index in [1.165, 1.54) is 0 Å². The van der Waals surface area contributed by atoms with Gasteiger partial charge in [-0.1, -0.05) is 26.0 Å². The van der Waals surface area contributed by atoms with Crippen LogP contribution in [0.1, 0.15) is 37.0 Å². The van der Waals surface area contributed by atoms with Gasteiger partial charge in [-0.25, -0.2) is 9.97 Å². The minimum atomic E-state index is -0.00556. The predicted octanol–water partition coefficient (Wildman–Crippen LogP) is 3.65. The fraction of sp³-hybridized carbons (Fsp3) is 0.350. The summed E-state index contributed by atoms with van der Waals surface area (Å²) in [6, 6.07) is 11.9. The molecule has 5 nitrogen and oxygen atoms in total. The maximum Gasteiger partial charge on any atom is 0.251 e. The van der Waals surface area contributed by atoms with Crippen molar-refractivity contribution in [3.05, 3.63) is 48.2 Å². The topological polar surface area (TPSA) is 59.8 Å². The van der Waals surface area contributed by atoms with E-state index in [4.69, 9.17) is 4.98 Å². The molecule has 0 spiro atoms. The third kappa shape index (κ3) is 3.27. The van der Waals surface area contributed by atoms with Crippen molar-refractivity contribution in [1.29, 1.82) is 0 Å². The molecule has 0 saturated heterocycles. The highest BCUT2D eigenvalue weighted by Crippen LogP contribution is 2.26. The Morgan fingerprint density at radius 2 is 2.12 bits per heavy atom. The number of nitrogens with zero attached hydrogens (tertiary/aromatic N) is 3. The molecule has 0 unspecified atom stereocenters. The molecule has 25 heavy (non-hydrogen) atoms. The van der Waals surface area contributed by atoms with Crippen LogP contribution in [0.3, 0.4) is 0 Å². The van der Waals surface area contributed by atoms with Gasteiger partial charge in [-0.3, -0.25) is 4.79 Å². The number of carbonyl (C=O) groups is 1. The summed E-state index contributed by atoms with van der Waals surface area (Å²) in [5, 5.41) is 3.04. The number of imidazole rings is 1. The summed E-state index contributed by atoms with van der Waals surface area (Å²) in [6.45, 7) is 5.19. The Bertz CT molecular complexity index is 924. The fourth-order valence-electron chi connectivity index (χ4n) is 3.01. The molecule has 3 aromatic rings. The molecule has 0 bridgehead atoms. The van der Waals surface area contributed by atoms with Gasteiger partial charge in [0.25, 0.3) is 5.91 Å². The Morgan fingerprint density at radius 1 is 1.28 bits per heavy atom. The van der Waals surface area contributed by atoms with Crippen molar-refractivity contribution in [2.24, 2.45) is 5.92 Å². The van der Waals surface area contributed by atoms with Gasteiger partial charge in [-0.15, -0.1) is 0 Å². The molecule has 2 heterocycles. The van der Waals surface area contributed by atoms with E-state index in [1.54, 1.807) is 6.20 Å². The highest BCUT2D eigenvalue weighted by molar-refractivity contribution is 5.95. The lowest BCUT2D eigenvalue weighted by molar-refractivity contribution is 0.0951. The summed E-state index contributed by atoms with van der Waals surface area (Å²) < 4.78 is 2.15. The monoisotopic (exact) mass is 334 g/mol. The number of carbonyl (C=O) groups excluding carboxylic acids is 1. The summed E-state index contributed by atoms with van der Waals surface area (Å²) in [5.74, 6) is 1.33. The first-order valence-electron chi connectivity index (χ1n) is 8.84. The van der Waals surface area contributed by atoms with E-state index in [-0.39, 0.29) is 5.91 Å². The molecule has 0 atom stereocenters. The highest BCUT2D eigenvalue weighted by atomic mass is 16.1. The van der Waals surface area contributed by atoms with Gasteiger partial charge in [0.15, 0.2) is 5.65 Å². The van der Waals surface area contributed by atoms with Crippen LogP contribution in [-0.4, -0.2) is 26.5 Å². The molecule has 0 radical (unpaired) electrons. The van der Waals surface area contributed by atoms with Gasteiger partial charge in [-0.05, 0) is 43.0 Å². The molecule has 1 saturated carbocycles. The maximum atomic E-state index is 12.4. The quantitative estimate of drug-likeness (QED) is 0.775. The Labute approximate surface area is 147 Å². The van der Waals surface area contributed by atoms with Gasteiger partial charge in [0.1, 0.15) is 11.3 Å². The van der Waals surface area contributed by atoms with E-state index >= 15 is 0 Å². The molecule has 1 fully saturated rings. The van der Waals surface area contributed by atoms with E-state index in [1.807, 2.05) is 36.4 Å². The Morgan fingerprint density at radius 3 is 2.88 bits per heavy atom. The van der Waals surface area contributed by atoms with Crippen LogP contribution in [-0.2, 0) is 6.54 Å². The average Bonchev–Trinajstić information content (AvgIpc) is 3.35. The van der Waals surface area contributed by atoms with Crippen LogP contribution >= 0.6 is 0 Å². The molecule has 1 N–H and O–H groups in total. The Kier molecular flexibility index (Phi) is 3.99. The minimum absolute atomic E-state index is 0.00556. The predicted molar refractivity (Wildman–Crippen MR) is 98.3 cm³/mol. The third-order valence-electron chi connectivity index (χ3n) is 4.35. The molecule has 2 aromatic heterocycles.